The van der Waals surface area contributed by atoms with Crippen LogP contribution in [0.3, 0.4) is 0 Å². The fourth-order valence-electron chi connectivity index (χ4n) is 1.81. The number of anilines is 1. The number of guanidine groups is 1. The third-order valence-electron chi connectivity index (χ3n) is 2.70. The molecular formula is C16H22IN3OS. The molecule has 0 saturated heterocycles. The first kappa shape index (κ1) is 18.8. The number of thiophene rings is 1. The number of ether oxygens (including phenoxy) is 1. The summed E-state index contributed by atoms with van der Waals surface area (Å²) in [7, 11) is 0. The highest BCUT2D eigenvalue weighted by atomic mass is 127. The number of nitrogens with two attached hydrogens (primary N) is 1. The highest BCUT2D eigenvalue weighted by Crippen LogP contribution is 2.17. The SMILES string of the molecule is Cc1ccc(CN=C(N)Nc2ccc(OC(C)C)cc2)s1.I. The van der Waals surface area contributed by atoms with Crippen LogP contribution in [0.5, 0.6) is 5.75 Å². The zero-order chi connectivity index (χ0) is 15.2. The highest BCUT2D eigenvalue weighted by molar-refractivity contribution is 14.0. The number of aryl methyl sites for hydroxylation is 1. The van der Waals surface area contributed by atoms with Gasteiger partial charge < -0.3 is 15.8 Å². The standard InChI is InChI=1S/C16H21N3OS.HI/c1-11(2)20-14-7-5-13(6-8-14)19-16(17)18-10-15-9-4-12(3)21-15;/h4-9,11H,10H2,1-3H3,(H3,17,18,19);1H. The third kappa shape index (κ3) is 6.23. The molecule has 0 amide bonds. The fraction of sp³-hybridized carbons (Fsp3) is 0.312. The van der Waals surface area contributed by atoms with Gasteiger partial charge in [-0.3, -0.25) is 0 Å². The van der Waals surface area contributed by atoms with Crippen molar-refractivity contribution in [2.75, 3.05) is 5.32 Å². The minimum atomic E-state index is 0. The van der Waals surface area contributed by atoms with Crippen LogP contribution < -0.4 is 15.8 Å². The molecule has 3 N–H and O–H groups in total. The summed E-state index contributed by atoms with van der Waals surface area (Å²) >= 11 is 1.74. The van der Waals surface area contributed by atoms with E-state index in [0.717, 1.165) is 11.4 Å². The van der Waals surface area contributed by atoms with Gasteiger partial charge in [-0.1, -0.05) is 0 Å². The van der Waals surface area contributed by atoms with Gasteiger partial charge in [0.2, 0.25) is 0 Å². The van der Waals surface area contributed by atoms with Crippen LogP contribution in [0.25, 0.3) is 0 Å². The molecule has 4 nitrogen and oxygen atoms in total. The zero-order valence-electron chi connectivity index (χ0n) is 13.0. The van der Waals surface area contributed by atoms with E-state index >= 15 is 0 Å². The van der Waals surface area contributed by atoms with E-state index in [4.69, 9.17) is 10.5 Å². The number of rotatable bonds is 5. The van der Waals surface area contributed by atoms with Crippen molar-refractivity contribution < 1.29 is 4.74 Å². The molecule has 0 atom stereocenters. The van der Waals surface area contributed by atoms with Gasteiger partial charge in [0.1, 0.15) is 5.75 Å². The van der Waals surface area contributed by atoms with E-state index in [1.54, 1.807) is 11.3 Å². The van der Waals surface area contributed by atoms with Gasteiger partial charge in [0.15, 0.2) is 5.96 Å². The summed E-state index contributed by atoms with van der Waals surface area (Å²) in [6.45, 7) is 6.69. The van der Waals surface area contributed by atoms with Crippen LogP contribution in [0.15, 0.2) is 41.4 Å². The molecule has 1 aromatic heterocycles. The van der Waals surface area contributed by atoms with Crippen molar-refractivity contribution >= 4 is 47.0 Å². The lowest BCUT2D eigenvalue weighted by molar-refractivity contribution is 0.242. The van der Waals surface area contributed by atoms with Crippen LogP contribution in [-0.2, 0) is 6.54 Å². The molecule has 0 unspecified atom stereocenters. The Morgan fingerprint density at radius 1 is 1.23 bits per heavy atom. The summed E-state index contributed by atoms with van der Waals surface area (Å²) in [5.74, 6) is 1.26. The van der Waals surface area contributed by atoms with E-state index in [1.165, 1.54) is 9.75 Å². The van der Waals surface area contributed by atoms with Crippen LogP contribution >= 0.6 is 35.3 Å². The molecule has 0 saturated carbocycles. The van der Waals surface area contributed by atoms with Gasteiger partial charge in [-0.25, -0.2) is 4.99 Å². The van der Waals surface area contributed by atoms with Gasteiger partial charge in [-0.05, 0) is 57.2 Å². The summed E-state index contributed by atoms with van der Waals surface area (Å²) < 4.78 is 5.59. The van der Waals surface area contributed by atoms with Gasteiger partial charge in [0.05, 0.1) is 12.6 Å². The minimum Gasteiger partial charge on any atom is -0.491 e. The van der Waals surface area contributed by atoms with E-state index < -0.39 is 0 Å². The first-order chi connectivity index (χ1) is 10.0. The molecule has 1 heterocycles. The van der Waals surface area contributed by atoms with E-state index in [1.807, 2.05) is 38.1 Å². The lowest BCUT2D eigenvalue weighted by atomic mass is 10.3. The van der Waals surface area contributed by atoms with Gasteiger partial charge in [-0.15, -0.1) is 35.3 Å². The first-order valence-corrected chi connectivity index (χ1v) is 7.73. The van der Waals surface area contributed by atoms with E-state index in [0.29, 0.717) is 12.5 Å². The Morgan fingerprint density at radius 2 is 1.91 bits per heavy atom. The van der Waals surface area contributed by atoms with Gasteiger partial charge >= 0.3 is 0 Å². The molecule has 0 aliphatic heterocycles. The predicted octanol–water partition coefficient (Wildman–Crippen LogP) is 4.39. The van der Waals surface area contributed by atoms with Crippen LogP contribution in [0, 0.1) is 6.92 Å². The van der Waals surface area contributed by atoms with E-state index in [2.05, 4.69) is 29.4 Å². The molecule has 1 aromatic carbocycles. The average molecular weight is 431 g/mol. The van der Waals surface area contributed by atoms with E-state index in [-0.39, 0.29) is 30.1 Å². The van der Waals surface area contributed by atoms with Crippen LogP contribution in [-0.4, -0.2) is 12.1 Å². The summed E-state index contributed by atoms with van der Waals surface area (Å²) in [6, 6.07) is 11.8. The number of aliphatic imine (C=N–C) groups is 1. The predicted molar refractivity (Wildman–Crippen MR) is 106 cm³/mol. The molecule has 0 aliphatic carbocycles. The Labute approximate surface area is 152 Å². The molecule has 0 spiro atoms. The van der Waals surface area contributed by atoms with Crippen molar-refractivity contribution in [1.29, 1.82) is 0 Å². The maximum atomic E-state index is 5.89. The Kier molecular flexibility index (Phi) is 7.67. The molecule has 0 bridgehead atoms. The monoisotopic (exact) mass is 431 g/mol. The average Bonchev–Trinajstić information content (AvgIpc) is 2.84. The highest BCUT2D eigenvalue weighted by Gasteiger charge is 2.00. The molecule has 2 aromatic rings. The normalized spacial score (nSPS) is 11.2. The first-order valence-electron chi connectivity index (χ1n) is 6.92. The number of halogens is 1. The Balaban J connectivity index is 0.00000242. The quantitative estimate of drug-likeness (QED) is 0.420. The maximum Gasteiger partial charge on any atom is 0.193 e. The van der Waals surface area contributed by atoms with Crippen molar-refractivity contribution in [2.24, 2.45) is 10.7 Å². The molecule has 0 fully saturated rings. The number of hydrogen-bond acceptors (Lipinski definition) is 3. The Hall–Kier alpha value is -1.28. The minimum absolute atomic E-state index is 0. The molecule has 22 heavy (non-hydrogen) atoms. The topological polar surface area (TPSA) is 59.6 Å². The number of hydrogen-bond donors (Lipinski definition) is 2. The smallest absolute Gasteiger partial charge is 0.193 e. The molecule has 0 aliphatic rings. The van der Waals surface area contributed by atoms with Gasteiger partial charge in [0.25, 0.3) is 0 Å². The second-order valence-electron chi connectivity index (χ2n) is 5.03. The lowest BCUT2D eigenvalue weighted by Gasteiger charge is -2.10. The van der Waals surface area contributed by atoms with Crippen LogP contribution in [0.4, 0.5) is 5.69 Å². The van der Waals surface area contributed by atoms with Crippen molar-refractivity contribution in [1.82, 2.24) is 0 Å². The van der Waals surface area contributed by atoms with E-state index in [9.17, 15) is 0 Å². The molecule has 6 heteroatoms. The van der Waals surface area contributed by atoms with Gasteiger partial charge in [-0.2, -0.15) is 0 Å². The zero-order valence-corrected chi connectivity index (χ0v) is 16.1. The van der Waals surface area contributed by atoms with Crippen molar-refractivity contribution in [2.45, 2.75) is 33.4 Å². The van der Waals surface area contributed by atoms with Crippen molar-refractivity contribution in [3.8, 4) is 5.75 Å². The summed E-state index contributed by atoms with van der Waals surface area (Å²) in [5.41, 5.74) is 6.79. The van der Waals surface area contributed by atoms with Crippen molar-refractivity contribution in [3.63, 3.8) is 0 Å². The Morgan fingerprint density at radius 3 is 2.45 bits per heavy atom. The summed E-state index contributed by atoms with van der Waals surface area (Å²) in [4.78, 5) is 6.83. The number of benzene rings is 1. The summed E-state index contributed by atoms with van der Waals surface area (Å²) in [5, 5.41) is 3.08. The molecule has 0 radical (unpaired) electrons. The third-order valence-corrected chi connectivity index (χ3v) is 3.69. The molecule has 2 rings (SSSR count). The maximum absolute atomic E-state index is 5.89. The second kappa shape index (κ2) is 8.99. The largest absolute Gasteiger partial charge is 0.491 e. The molecular weight excluding hydrogens is 409 g/mol. The van der Waals surface area contributed by atoms with Gasteiger partial charge in [0, 0.05) is 15.4 Å². The second-order valence-corrected chi connectivity index (χ2v) is 6.40. The number of nitrogens with zero attached hydrogens (tertiary/aromatic N) is 1. The van der Waals surface area contributed by atoms with Crippen LogP contribution in [0.1, 0.15) is 23.6 Å². The van der Waals surface area contributed by atoms with Crippen LogP contribution in [0.2, 0.25) is 0 Å². The Bertz CT molecular complexity index is 608. The lowest BCUT2D eigenvalue weighted by Crippen LogP contribution is -2.22. The molecule has 120 valence electrons. The van der Waals surface area contributed by atoms with Crippen molar-refractivity contribution in [3.05, 3.63) is 46.2 Å². The fourth-order valence-corrected chi connectivity index (χ4v) is 2.62. The number of nitrogens with one attached hydrogen (secondary N) is 1. The summed E-state index contributed by atoms with van der Waals surface area (Å²) in [6.07, 6.45) is 0.171.